The van der Waals surface area contributed by atoms with Crippen LogP contribution in [0.2, 0.25) is 26.2 Å². The van der Waals surface area contributed by atoms with Gasteiger partial charge in [-0.15, -0.1) is 11.1 Å². The van der Waals surface area contributed by atoms with Gasteiger partial charge >= 0.3 is 0 Å². The molecule has 0 amide bonds. The summed E-state index contributed by atoms with van der Waals surface area (Å²) in [6.45, 7) is 9.23. The van der Waals surface area contributed by atoms with Crippen molar-refractivity contribution >= 4 is 15.2 Å². The molecular weight excluding hydrogens is 300 g/mol. The standard InChI is InChI=1S/C18H20N2Si2/c1-21(2,15-11-17-9-5-7-13-19-17)22(3,4)16-12-18-10-6-8-14-20-18/h5-10,13-14H,1-4H3. The van der Waals surface area contributed by atoms with E-state index in [-0.39, 0.29) is 0 Å². The molecule has 2 rings (SSSR count). The number of pyridine rings is 2. The number of aromatic nitrogens is 2. The molecule has 2 aromatic heterocycles. The van der Waals surface area contributed by atoms with E-state index in [4.69, 9.17) is 0 Å². The van der Waals surface area contributed by atoms with Crippen LogP contribution in [0, 0.1) is 22.9 Å². The van der Waals surface area contributed by atoms with Crippen LogP contribution in [0.3, 0.4) is 0 Å². The van der Waals surface area contributed by atoms with Crippen molar-refractivity contribution in [1.29, 1.82) is 0 Å². The fourth-order valence-electron chi connectivity index (χ4n) is 1.63. The molecule has 0 atom stereocenters. The lowest BCUT2D eigenvalue weighted by Gasteiger charge is -2.28. The zero-order valence-electron chi connectivity index (χ0n) is 13.5. The highest BCUT2D eigenvalue weighted by Gasteiger charge is 2.39. The molecule has 2 aromatic rings. The fraction of sp³-hybridized carbons (Fsp3) is 0.222. The molecule has 0 spiro atoms. The van der Waals surface area contributed by atoms with E-state index in [0.717, 1.165) is 11.4 Å². The third kappa shape index (κ3) is 4.17. The van der Waals surface area contributed by atoms with Crippen molar-refractivity contribution in [1.82, 2.24) is 9.97 Å². The van der Waals surface area contributed by atoms with Crippen molar-refractivity contribution in [3.05, 3.63) is 60.2 Å². The molecular formula is C18H20N2Si2. The van der Waals surface area contributed by atoms with E-state index >= 15 is 0 Å². The molecule has 22 heavy (non-hydrogen) atoms. The molecule has 0 bridgehead atoms. The van der Waals surface area contributed by atoms with E-state index in [2.05, 4.69) is 59.1 Å². The Balaban J connectivity index is 2.24. The summed E-state index contributed by atoms with van der Waals surface area (Å²) in [6.07, 6.45) is 3.56. The molecule has 0 aliphatic carbocycles. The van der Waals surface area contributed by atoms with E-state index in [9.17, 15) is 0 Å². The first-order chi connectivity index (χ1) is 10.4. The first kappa shape index (κ1) is 16.2. The van der Waals surface area contributed by atoms with Crippen LogP contribution in [0.15, 0.2) is 48.8 Å². The Hall–Kier alpha value is -2.15. The summed E-state index contributed by atoms with van der Waals surface area (Å²) >= 11 is 0. The van der Waals surface area contributed by atoms with Gasteiger partial charge in [-0.3, -0.25) is 0 Å². The summed E-state index contributed by atoms with van der Waals surface area (Å²) in [5, 5.41) is 0. The molecule has 0 saturated carbocycles. The van der Waals surface area contributed by atoms with Gasteiger partial charge in [-0.2, -0.15) is 0 Å². The maximum atomic E-state index is 4.28. The SMILES string of the molecule is C[Si](C)(C#Cc1ccccn1)[Si](C)(C)C#Cc1ccccn1. The Morgan fingerprint density at radius 1 is 0.682 bits per heavy atom. The van der Waals surface area contributed by atoms with Crippen LogP contribution in [0.25, 0.3) is 0 Å². The van der Waals surface area contributed by atoms with Gasteiger partial charge in [-0.05, 0) is 24.3 Å². The molecule has 0 N–H and O–H groups in total. The number of nitrogens with zero attached hydrogens (tertiary/aromatic N) is 2. The molecule has 0 unspecified atom stereocenters. The van der Waals surface area contributed by atoms with Gasteiger partial charge in [-0.1, -0.05) is 50.2 Å². The van der Waals surface area contributed by atoms with Crippen molar-refractivity contribution < 1.29 is 0 Å². The Kier molecular flexibility index (Phi) is 4.97. The maximum absolute atomic E-state index is 4.28. The van der Waals surface area contributed by atoms with Gasteiger partial charge in [0.1, 0.15) is 26.6 Å². The summed E-state index contributed by atoms with van der Waals surface area (Å²) < 4.78 is 0. The normalized spacial score (nSPS) is 10.9. The summed E-state index contributed by atoms with van der Waals surface area (Å²) in [7, 11) is -3.46. The smallest absolute Gasteiger partial charge is 0.138 e. The van der Waals surface area contributed by atoms with E-state index in [1.165, 1.54) is 0 Å². The molecule has 110 valence electrons. The zero-order valence-corrected chi connectivity index (χ0v) is 15.5. The van der Waals surface area contributed by atoms with Crippen LogP contribution >= 0.6 is 0 Å². The average molecular weight is 321 g/mol. The van der Waals surface area contributed by atoms with Crippen molar-refractivity contribution in [3.8, 4) is 22.9 Å². The first-order valence-corrected chi connectivity index (χ1v) is 14.3. The van der Waals surface area contributed by atoms with Crippen molar-refractivity contribution in [2.75, 3.05) is 0 Å². The third-order valence-electron chi connectivity index (χ3n) is 3.90. The summed E-state index contributed by atoms with van der Waals surface area (Å²) in [6, 6.07) is 11.6. The Morgan fingerprint density at radius 2 is 1.09 bits per heavy atom. The van der Waals surface area contributed by atoms with E-state index in [1.54, 1.807) is 12.4 Å². The Bertz CT molecular complexity index is 678. The van der Waals surface area contributed by atoms with Crippen LogP contribution in [-0.4, -0.2) is 25.2 Å². The quantitative estimate of drug-likeness (QED) is 0.594. The molecule has 0 aliphatic rings. The first-order valence-electron chi connectivity index (χ1n) is 7.29. The highest BCUT2D eigenvalue weighted by molar-refractivity contribution is 7.46. The minimum atomic E-state index is -1.73. The van der Waals surface area contributed by atoms with Gasteiger partial charge < -0.3 is 0 Å². The van der Waals surface area contributed by atoms with Crippen LogP contribution in [-0.2, 0) is 0 Å². The second kappa shape index (κ2) is 6.74. The summed E-state index contributed by atoms with van der Waals surface area (Å²) in [5.41, 5.74) is 8.71. The van der Waals surface area contributed by atoms with Gasteiger partial charge in [0.25, 0.3) is 0 Å². The van der Waals surface area contributed by atoms with Crippen molar-refractivity contribution in [2.45, 2.75) is 26.2 Å². The van der Waals surface area contributed by atoms with E-state index in [1.807, 2.05) is 36.4 Å². The lowest BCUT2D eigenvalue weighted by Crippen LogP contribution is -2.53. The second-order valence-corrected chi connectivity index (χ2v) is 20.7. The van der Waals surface area contributed by atoms with Crippen molar-refractivity contribution in [2.24, 2.45) is 0 Å². The van der Waals surface area contributed by atoms with Gasteiger partial charge in [0, 0.05) is 12.4 Å². The molecule has 0 radical (unpaired) electrons. The molecule has 0 fully saturated rings. The molecule has 0 aliphatic heterocycles. The largest absolute Gasteiger partial charge is 0.248 e. The third-order valence-corrected chi connectivity index (χ3v) is 18.6. The van der Waals surface area contributed by atoms with Crippen molar-refractivity contribution in [3.63, 3.8) is 0 Å². The minimum absolute atomic E-state index is 0.838. The topological polar surface area (TPSA) is 25.8 Å². The van der Waals surface area contributed by atoms with Gasteiger partial charge in [0.15, 0.2) is 0 Å². The number of hydrogen-bond donors (Lipinski definition) is 0. The summed E-state index contributed by atoms with van der Waals surface area (Å²) in [5.74, 6) is 6.48. The lowest BCUT2D eigenvalue weighted by atomic mass is 10.4. The number of hydrogen-bond acceptors (Lipinski definition) is 2. The minimum Gasteiger partial charge on any atom is -0.248 e. The Labute approximate surface area is 134 Å². The molecule has 2 nitrogen and oxygen atoms in total. The zero-order chi connectivity index (χ0) is 16.1. The number of rotatable bonds is 1. The highest BCUT2D eigenvalue weighted by atomic mass is 29.3. The molecule has 2 heterocycles. The van der Waals surface area contributed by atoms with Gasteiger partial charge in [0.2, 0.25) is 0 Å². The molecule has 0 saturated heterocycles. The van der Waals surface area contributed by atoms with E-state index in [0.29, 0.717) is 0 Å². The van der Waals surface area contributed by atoms with Gasteiger partial charge in [-0.25, -0.2) is 9.97 Å². The predicted octanol–water partition coefficient (Wildman–Crippen LogP) is 3.45. The van der Waals surface area contributed by atoms with Crippen LogP contribution in [0.4, 0.5) is 0 Å². The van der Waals surface area contributed by atoms with Crippen LogP contribution in [0.5, 0.6) is 0 Å². The van der Waals surface area contributed by atoms with Crippen LogP contribution in [0.1, 0.15) is 11.4 Å². The molecule has 4 heteroatoms. The summed E-state index contributed by atoms with van der Waals surface area (Å²) in [4.78, 5) is 8.55. The monoisotopic (exact) mass is 320 g/mol. The lowest BCUT2D eigenvalue weighted by molar-refractivity contribution is 1.29. The van der Waals surface area contributed by atoms with Crippen LogP contribution < -0.4 is 0 Å². The van der Waals surface area contributed by atoms with E-state index < -0.39 is 15.2 Å². The van der Waals surface area contributed by atoms with Gasteiger partial charge in [0.05, 0.1) is 0 Å². The maximum Gasteiger partial charge on any atom is 0.138 e. The Morgan fingerprint density at radius 3 is 1.41 bits per heavy atom. The average Bonchev–Trinajstić information content (AvgIpc) is 2.53. The fourth-order valence-corrected chi connectivity index (χ4v) is 5.38. The molecule has 0 aromatic carbocycles. The second-order valence-electron chi connectivity index (χ2n) is 6.18. The predicted molar refractivity (Wildman–Crippen MR) is 97.2 cm³/mol. The highest BCUT2D eigenvalue weighted by Crippen LogP contribution is 2.17.